The average Bonchev–Trinajstić information content (AvgIpc) is 2.61. The summed E-state index contributed by atoms with van der Waals surface area (Å²) in [6, 6.07) is 0. The van der Waals surface area contributed by atoms with E-state index >= 15 is 0 Å². The molecule has 0 aromatic carbocycles. The molecule has 2 aliphatic carbocycles. The quantitative estimate of drug-likeness (QED) is 0.547. The fourth-order valence-electron chi connectivity index (χ4n) is 4.49. The molecule has 4 nitrogen and oxygen atoms in total. The molecule has 5 heteroatoms. The summed E-state index contributed by atoms with van der Waals surface area (Å²) in [4.78, 5) is 0. The molecule has 0 spiro atoms. The van der Waals surface area contributed by atoms with Crippen molar-refractivity contribution in [2.75, 3.05) is 13.3 Å². The van der Waals surface area contributed by atoms with Gasteiger partial charge in [-0.05, 0) is 63.2 Å². The van der Waals surface area contributed by atoms with Gasteiger partial charge in [-0.1, -0.05) is 39.5 Å². The molecule has 2 fully saturated rings. The molecule has 2 aliphatic rings. The van der Waals surface area contributed by atoms with Crippen LogP contribution in [0.3, 0.4) is 0 Å². The normalized spacial score (nSPS) is 31.9. The highest BCUT2D eigenvalue weighted by Crippen LogP contribution is 2.49. The Morgan fingerprint density at radius 2 is 1.72 bits per heavy atom. The fraction of sp³-hybridized carbons (Fsp3) is 1.00. The van der Waals surface area contributed by atoms with Crippen LogP contribution in [0.1, 0.15) is 85.0 Å². The molecule has 148 valence electrons. The van der Waals surface area contributed by atoms with E-state index in [9.17, 15) is 9.67 Å². The Hall–Kier alpha value is 0.110. The van der Waals surface area contributed by atoms with Crippen molar-refractivity contribution in [3.8, 4) is 0 Å². The van der Waals surface area contributed by atoms with E-state index in [0.29, 0.717) is 0 Å². The van der Waals surface area contributed by atoms with Gasteiger partial charge in [0.1, 0.15) is 0 Å². The average molecular weight is 375 g/mol. The van der Waals surface area contributed by atoms with Crippen LogP contribution in [0.4, 0.5) is 0 Å². The summed E-state index contributed by atoms with van der Waals surface area (Å²) < 4.78 is 24.2. The third kappa shape index (κ3) is 6.65. The van der Waals surface area contributed by atoms with Gasteiger partial charge in [-0.15, -0.1) is 0 Å². The van der Waals surface area contributed by atoms with Gasteiger partial charge in [0.2, 0.25) is 0 Å². The van der Waals surface area contributed by atoms with Crippen LogP contribution in [-0.2, 0) is 13.6 Å². The lowest BCUT2D eigenvalue weighted by molar-refractivity contribution is -0.0553. The third-order valence-electron chi connectivity index (χ3n) is 6.58. The number of rotatable bonds is 8. The maximum atomic E-state index is 12.7. The maximum absolute atomic E-state index is 12.7. The summed E-state index contributed by atoms with van der Waals surface area (Å²) in [7, 11) is -3.12. The molecule has 0 aromatic heterocycles. The fourth-order valence-corrected chi connectivity index (χ4v) is 5.80. The van der Waals surface area contributed by atoms with Crippen molar-refractivity contribution >= 4 is 7.60 Å². The predicted octanol–water partition coefficient (Wildman–Crippen LogP) is 5.78. The van der Waals surface area contributed by atoms with Gasteiger partial charge in [0.25, 0.3) is 0 Å². The van der Waals surface area contributed by atoms with E-state index in [1.54, 1.807) is 6.66 Å². The van der Waals surface area contributed by atoms with Gasteiger partial charge in [-0.2, -0.15) is 0 Å². The number of hydrogen-bond donors (Lipinski definition) is 1. The predicted molar refractivity (Wildman–Crippen MR) is 103 cm³/mol. The zero-order valence-electron chi connectivity index (χ0n) is 16.7. The molecule has 0 radical (unpaired) electrons. The molecule has 3 atom stereocenters. The molecular weight excluding hydrogens is 335 g/mol. The third-order valence-corrected chi connectivity index (χ3v) is 7.86. The Labute approximate surface area is 154 Å². The van der Waals surface area contributed by atoms with Crippen molar-refractivity contribution in [1.29, 1.82) is 0 Å². The van der Waals surface area contributed by atoms with Crippen LogP contribution in [0.2, 0.25) is 0 Å². The first-order valence-electron chi connectivity index (χ1n) is 10.4. The minimum atomic E-state index is -3.12. The maximum Gasteiger partial charge on any atom is 0.328 e. The summed E-state index contributed by atoms with van der Waals surface area (Å²) in [5, 5.41) is 10.7. The Kier molecular flexibility index (Phi) is 8.01. The van der Waals surface area contributed by atoms with E-state index in [1.807, 2.05) is 6.92 Å². The van der Waals surface area contributed by atoms with Gasteiger partial charge in [0, 0.05) is 6.66 Å². The van der Waals surface area contributed by atoms with Crippen LogP contribution in [0, 0.1) is 17.8 Å². The van der Waals surface area contributed by atoms with Gasteiger partial charge in [0.15, 0.2) is 0 Å². The van der Waals surface area contributed by atoms with Crippen molar-refractivity contribution in [3.63, 3.8) is 0 Å². The topological polar surface area (TPSA) is 55.8 Å². The first-order valence-corrected chi connectivity index (χ1v) is 12.4. The van der Waals surface area contributed by atoms with Crippen LogP contribution in [-0.4, -0.2) is 30.1 Å². The standard InChI is InChI=1S/C20H39O4P/c1-5-16(2)17-11-13-19(14-12-17)24-25(4,22)23-15-20(3,21)18-9-7-6-8-10-18/h16-19,21H,5-15H2,1-4H3. The molecule has 2 saturated carbocycles. The second-order valence-electron chi connectivity index (χ2n) is 8.76. The molecule has 25 heavy (non-hydrogen) atoms. The van der Waals surface area contributed by atoms with Gasteiger partial charge in [0.05, 0.1) is 18.3 Å². The summed E-state index contributed by atoms with van der Waals surface area (Å²) in [6.07, 6.45) is 11.2. The summed E-state index contributed by atoms with van der Waals surface area (Å²) in [5.41, 5.74) is -0.913. The molecule has 0 aliphatic heterocycles. The van der Waals surface area contributed by atoms with Crippen molar-refractivity contribution in [2.45, 2.75) is 96.7 Å². The molecule has 1 N–H and O–H groups in total. The largest absolute Gasteiger partial charge is 0.387 e. The molecule has 0 heterocycles. The van der Waals surface area contributed by atoms with E-state index in [-0.39, 0.29) is 18.6 Å². The highest BCUT2D eigenvalue weighted by Gasteiger charge is 2.36. The van der Waals surface area contributed by atoms with Crippen LogP contribution in [0.25, 0.3) is 0 Å². The van der Waals surface area contributed by atoms with Crippen molar-refractivity contribution in [3.05, 3.63) is 0 Å². The van der Waals surface area contributed by atoms with E-state index < -0.39 is 13.2 Å². The van der Waals surface area contributed by atoms with Gasteiger partial charge >= 0.3 is 7.60 Å². The smallest absolute Gasteiger partial charge is 0.328 e. The van der Waals surface area contributed by atoms with Crippen LogP contribution >= 0.6 is 7.60 Å². The molecule has 3 unspecified atom stereocenters. The minimum Gasteiger partial charge on any atom is -0.387 e. The zero-order chi connectivity index (χ0) is 18.5. The van der Waals surface area contributed by atoms with E-state index in [2.05, 4.69) is 13.8 Å². The molecule has 0 aromatic rings. The summed E-state index contributed by atoms with van der Waals surface area (Å²) in [6.45, 7) is 8.06. The second kappa shape index (κ2) is 9.35. The highest BCUT2D eigenvalue weighted by molar-refractivity contribution is 7.53. The Morgan fingerprint density at radius 1 is 1.12 bits per heavy atom. The Morgan fingerprint density at radius 3 is 2.28 bits per heavy atom. The first-order chi connectivity index (χ1) is 11.7. The highest BCUT2D eigenvalue weighted by atomic mass is 31.2. The second-order valence-corrected chi connectivity index (χ2v) is 10.8. The molecule has 0 amide bonds. The van der Waals surface area contributed by atoms with E-state index in [1.165, 1.54) is 25.7 Å². The van der Waals surface area contributed by atoms with Gasteiger partial charge < -0.3 is 14.2 Å². The lowest BCUT2D eigenvalue weighted by Gasteiger charge is -2.36. The lowest BCUT2D eigenvalue weighted by Crippen LogP contribution is -2.40. The van der Waals surface area contributed by atoms with E-state index in [0.717, 1.165) is 50.4 Å². The lowest BCUT2D eigenvalue weighted by atomic mass is 9.78. The molecule has 0 saturated heterocycles. The van der Waals surface area contributed by atoms with Crippen LogP contribution < -0.4 is 0 Å². The van der Waals surface area contributed by atoms with E-state index in [4.69, 9.17) is 9.05 Å². The minimum absolute atomic E-state index is 0.0377. The molecule has 2 rings (SSSR count). The van der Waals surface area contributed by atoms with Gasteiger partial charge in [-0.3, -0.25) is 4.57 Å². The SMILES string of the molecule is CCC(C)C1CCC(OP(C)(=O)OCC(C)(O)C2CCCCC2)CC1. The Balaban J connectivity index is 1.77. The van der Waals surface area contributed by atoms with Crippen molar-refractivity contribution < 1.29 is 18.7 Å². The molecular formula is C20H39O4P. The Bertz CT molecular complexity index is 437. The number of hydrogen-bond acceptors (Lipinski definition) is 4. The monoisotopic (exact) mass is 374 g/mol. The summed E-state index contributed by atoms with van der Waals surface area (Å²) >= 11 is 0. The molecule has 0 bridgehead atoms. The van der Waals surface area contributed by atoms with Crippen molar-refractivity contribution in [1.82, 2.24) is 0 Å². The number of aliphatic hydroxyl groups is 1. The zero-order valence-corrected chi connectivity index (χ0v) is 17.6. The van der Waals surface area contributed by atoms with Crippen LogP contribution in [0.5, 0.6) is 0 Å². The first kappa shape index (κ1) is 21.4. The van der Waals surface area contributed by atoms with Crippen LogP contribution in [0.15, 0.2) is 0 Å². The summed E-state index contributed by atoms with van der Waals surface area (Å²) in [5.74, 6) is 1.78. The van der Waals surface area contributed by atoms with Gasteiger partial charge in [-0.25, -0.2) is 0 Å². The van der Waals surface area contributed by atoms with Crippen molar-refractivity contribution in [2.24, 2.45) is 17.8 Å².